The summed E-state index contributed by atoms with van der Waals surface area (Å²) < 4.78 is 11.2. The third-order valence-electron chi connectivity index (χ3n) is 4.84. The molecule has 0 spiro atoms. The summed E-state index contributed by atoms with van der Waals surface area (Å²) in [6.45, 7) is 6.14. The van der Waals surface area contributed by atoms with Crippen molar-refractivity contribution in [1.29, 1.82) is 0 Å². The minimum atomic E-state index is -0.301. The lowest BCUT2D eigenvalue weighted by molar-refractivity contribution is -0.140. The number of hydrogen-bond acceptors (Lipinski definition) is 3. The minimum Gasteiger partial charge on any atom is -0.462 e. The molecule has 3 nitrogen and oxygen atoms in total. The molecule has 3 heteroatoms. The molecule has 0 aromatic rings. The Morgan fingerprint density at radius 3 is 3.00 bits per heavy atom. The Bertz CT molecular complexity index is 338. The second-order valence-corrected chi connectivity index (χ2v) is 5.80. The lowest BCUT2D eigenvalue weighted by Gasteiger charge is -2.30. The second-order valence-electron chi connectivity index (χ2n) is 5.80. The van der Waals surface area contributed by atoms with Crippen LogP contribution in [0.2, 0.25) is 0 Å². The van der Waals surface area contributed by atoms with E-state index in [0.717, 1.165) is 11.8 Å². The van der Waals surface area contributed by atoms with Gasteiger partial charge in [0, 0.05) is 6.08 Å². The zero-order valence-corrected chi connectivity index (χ0v) is 10.3. The Hall–Kier alpha value is -0.830. The first-order chi connectivity index (χ1) is 8.19. The topological polar surface area (TPSA) is 35.5 Å². The van der Waals surface area contributed by atoms with Crippen LogP contribution in [-0.2, 0) is 14.3 Å². The van der Waals surface area contributed by atoms with E-state index in [1.54, 1.807) is 0 Å². The minimum absolute atomic E-state index is 0.301. The van der Waals surface area contributed by atoms with Crippen LogP contribution in [0.15, 0.2) is 12.7 Å². The van der Waals surface area contributed by atoms with Crippen LogP contribution in [0.1, 0.15) is 26.2 Å². The van der Waals surface area contributed by atoms with E-state index in [1.807, 2.05) is 0 Å². The summed E-state index contributed by atoms with van der Waals surface area (Å²) in [7, 11) is 0. The number of esters is 1. The second kappa shape index (κ2) is 4.13. The van der Waals surface area contributed by atoms with E-state index < -0.39 is 0 Å². The van der Waals surface area contributed by atoms with Crippen LogP contribution in [0, 0.1) is 23.7 Å². The average molecular weight is 236 g/mol. The number of fused-ring (bicyclic) bond motifs is 5. The molecule has 94 valence electrons. The Balaban J connectivity index is 1.60. The van der Waals surface area contributed by atoms with E-state index in [9.17, 15) is 4.79 Å². The van der Waals surface area contributed by atoms with E-state index in [0.29, 0.717) is 30.7 Å². The molecule has 1 saturated heterocycles. The summed E-state index contributed by atoms with van der Waals surface area (Å²) in [5.74, 6) is 2.41. The van der Waals surface area contributed by atoms with Crippen molar-refractivity contribution >= 4 is 5.97 Å². The van der Waals surface area contributed by atoms with E-state index in [4.69, 9.17) is 9.47 Å². The Morgan fingerprint density at radius 1 is 1.41 bits per heavy atom. The van der Waals surface area contributed by atoms with Crippen molar-refractivity contribution in [2.24, 2.45) is 23.7 Å². The molecule has 2 bridgehead atoms. The van der Waals surface area contributed by atoms with Crippen LogP contribution >= 0.6 is 0 Å². The Morgan fingerprint density at radius 2 is 2.24 bits per heavy atom. The normalized spacial score (nSPS) is 46.9. The van der Waals surface area contributed by atoms with Crippen molar-refractivity contribution in [3.8, 4) is 0 Å². The maximum Gasteiger partial charge on any atom is 0.330 e. The molecule has 6 unspecified atom stereocenters. The highest BCUT2D eigenvalue weighted by molar-refractivity contribution is 5.81. The van der Waals surface area contributed by atoms with Crippen molar-refractivity contribution in [3.63, 3.8) is 0 Å². The van der Waals surface area contributed by atoms with Crippen molar-refractivity contribution < 1.29 is 14.3 Å². The summed E-state index contributed by atoms with van der Waals surface area (Å²) >= 11 is 0. The van der Waals surface area contributed by atoms with Gasteiger partial charge in [-0.3, -0.25) is 0 Å². The summed E-state index contributed by atoms with van der Waals surface area (Å²) in [6, 6.07) is 0. The maximum atomic E-state index is 11.1. The summed E-state index contributed by atoms with van der Waals surface area (Å²) in [5, 5.41) is 0. The lowest BCUT2D eigenvalue weighted by Crippen LogP contribution is -2.32. The van der Waals surface area contributed by atoms with Crippen LogP contribution in [-0.4, -0.2) is 24.8 Å². The zero-order chi connectivity index (χ0) is 12.0. The molecule has 0 radical (unpaired) electrons. The molecule has 3 aliphatic rings. The van der Waals surface area contributed by atoms with Gasteiger partial charge >= 0.3 is 5.97 Å². The molecule has 0 aromatic carbocycles. The fourth-order valence-electron chi connectivity index (χ4n) is 4.21. The molecule has 2 aliphatic carbocycles. The first kappa shape index (κ1) is 11.3. The predicted octanol–water partition coefficient (Wildman–Crippen LogP) is 2.17. The van der Waals surface area contributed by atoms with Gasteiger partial charge in [0.2, 0.25) is 0 Å². The molecule has 17 heavy (non-hydrogen) atoms. The van der Waals surface area contributed by atoms with Gasteiger partial charge in [0.1, 0.15) is 0 Å². The Kier molecular flexibility index (Phi) is 2.74. The Labute approximate surface area is 102 Å². The number of ether oxygens (including phenoxy) is 2. The van der Waals surface area contributed by atoms with Crippen LogP contribution in [0.3, 0.4) is 0 Å². The van der Waals surface area contributed by atoms with Gasteiger partial charge in [0.05, 0.1) is 18.8 Å². The highest BCUT2D eigenvalue weighted by Crippen LogP contribution is 2.57. The van der Waals surface area contributed by atoms with Crippen LogP contribution in [0.5, 0.6) is 0 Å². The van der Waals surface area contributed by atoms with Gasteiger partial charge in [-0.05, 0) is 49.9 Å². The molecule has 0 aromatic heterocycles. The molecule has 6 atom stereocenters. The van der Waals surface area contributed by atoms with Crippen molar-refractivity contribution in [1.82, 2.24) is 0 Å². The van der Waals surface area contributed by atoms with E-state index in [2.05, 4.69) is 13.5 Å². The van der Waals surface area contributed by atoms with Gasteiger partial charge in [-0.2, -0.15) is 0 Å². The number of carbonyl (C=O) groups excluding carboxylic acids is 1. The van der Waals surface area contributed by atoms with Gasteiger partial charge in [-0.25, -0.2) is 4.79 Å². The summed E-state index contributed by atoms with van der Waals surface area (Å²) in [5.41, 5.74) is 0. The number of rotatable bonds is 3. The van der Waals surface area contributed by atoms with Crippen molar-refractivity contribution in [3.05, 3.63) is 12.7 Å². The van der Waals surface area contributed by atoms with Gasteiger partial charge in [0.25, 0.3) is 0 Å². The van der Waals surface area contributed by atoms with Crippen molar-refractivity contribution in [2.75, 3.05) is 6.61 Å². The summed E-state index contributed by atoms with van der Waals surface area (Å²) in [4.78, 5) is 11.1. The quantitative estimate of drug-likeness (QED) is 0.556. The van der Waals surface area contributed by atoms with Crippen molar-refractivity contribution in [2.45, 2.75) is 38.4 Å². The maximum absolute atomic E-state index is 11.1. The van der Waals surface area contributed by atoms with Gasteiger partial charge in [-0.1, -0.05) is 6.58 Å². The van der Waals surface area contributed by atoms with Crippen LogP contribution < -0.4 is 0 Å². The smallest absolute Gasteiger partial charge is 0.330 e. The number of hydrogen-bond donors (Lipinski definition) is 0. The average Bonchev–Trinajstić information content (AvgIpc) is 2.95. The zero-order valence-electron chi connectivity index (χ0n) is 10.3. The van der Waals surface area contributed by atoms with E-state index >= 15 is 0 Å². The predicted molar refractivity (Wildman–Crippen MR) is 63.3 cm³/mol. The largest absolute Gasteiger partial charge is 0.462 e. The molecular formula is C14H20O3. The molecule has 0 amide bonds. The van der Waals surface area contributed by atoms with E-state index in [-0.39, 0.29) is 5.97 Å². The molecule has 1 aliphatic heterocycles. The fourth-order valence-corrected chi connectivity index (χ4v) is 4.21. The monoisotopic (exact) mass is 236 g/mol. The van der Waals surface area contributed by atoms with E-state index in [1.165, 1.54) is 25.3 Å². The molecule has 3 fully saturated rings. The fraction of sp³-hybridized carbons (Fsp3) is 0.786. The molecular weight excluding hydrogens is 216 g/mol. The van der Waals surface area contributed by atoms with Crippen LogP contribution in [0.4, 0.5) is 0 Å². The molecule has 2 saturated carbocycles. The van der Waals surface area contributed by atoms with Gasteiger partial charge in [-0.15, -0.1) is 0 Å². The first-order valence-corrected chi connectivity index (χ1v) is 6.63. The van der Waals surface area contributed by atoms with Gasteiger partial charge < -0.3 is 9.47 Å². The molecule has 3 rings (SSSR count). The molecule has 0 N–H and O–H groups in total. The lowest BCUT2D eigenvalue weighted by atomic mass is 9.79. The molecule has 1 heterocycles. The highest BCUT2D eigenvalue weighted by Gasteiger charge is 2.56. The highest BCUT2D eigenvalue weighted by atomic mass is 16.5. The first-order valence-electron chi connectivity index (χ1n) is 6.63. The standard InChI is InChI=1S/C14H20O3/c1-3-13(15)16-7-10-5-9-6-12(10)14-11(9)4-8(2)17-14/h3,8-12,14H,1,4-7H2,2H3. The van der Waals surface area contributed by atoms with Crippen LogP contribution in [0.25, 0.3) is 0 Å². The third kappa shape index (κ3) is 1.81. The SMILES string of the molecule is C=CC(=O)OCC1CC2CC1C1OC(C)CC21. The third-order valence-corrected chi connectivity index (χ3v) is 4.84. The number of carbonyl (C=O) groups is 1. The summed E-state index contributed by atoms with van der Waals surface area (Å²) in [6.07, 6.45) is 5.82. The van der Waals surface area contributed by atoms with Gasteiger partial charge in [0.15, 0.2) is 0 Å².